The molecule has 0 amide bonds. The average Bonchev–Trinajstić information content (AvgIpc) is 2.57. The Balaban J connectivity index is 2.01. The van der Waals surface area contributed by atoms with Gasteiger partial charge in [-0.15, -0.1) is 0 Å². The standard InChI is InChI=1S/C18H20N4O3/c1-12-7-8-14-13(11-12)19-15-16(20-18(25)21-17(15)24)22(14)9-5-3-2-4-6-10-23/h7-8,10-11H,2-6,9H2,1H3,(H,21,24,25). The fraction of sp³-hybridized carbons (Fsp3) is 0.389. The maximum Gasteiger partial charge on any atom is 0.349 e. The molecule has 0 spiro atoms. The van der Waals surface area contributed by atoms with Crippen molar-refractivity contribution in [2.75, 3.05) is 0 Å². The van der Waals surface area contributed by atoms with E-state index in [9.17, 15) is 14.4 Å². The Kier molecular flexibility index (Phi) is 5.02. The second-order valence-electron chi connectivity index (χ2n) is 6.17. The predicted octanol–water partition coefficient (Wildman–Crippen LogP) is 2.04. The van der Waals surface area contributed by atoms with E-state index >= 15 is 0 Å². The van der Waals surface area contributed by atoms with Crippen LogP contribution in [0.4, 0.5) is 0 Å². The highest BCUT2D eigenvalue weighted by molar-refractivity contribution is 5.79. The van der Waals surface area contributed by atoms with Crippen LogP contribution >= 0.6 is 0 Å². The molecule has 0 atom stereocenters. The molecule has 0 saturated carbocycles. The van der Waals surface area contributed by atoms with Crippen molar-refractivity contribution in [3.8, 4) is 11.5 Å². The summed E-state index contributed by atoms with van der Waals surface area (Å²) in [5.74, 6) is 0.318. The van der Waals surface area contributed by atoms with Crippen molar-refractivity contribution in [2.45, 2.75) is 45.6 Å². The monoisotopic (exact) mass is 340 g/mol. The average molecular weight is 340 g/mol. The van der Waals surface area contributed by atoms with Crippen molar-refractivity contribution >= 4 is 17.3 Å². The Labute approximate surface area is 144 Å². The summed E-state index contributed by atoms with van der Waals surface area (Å²) in [5.41, 5.74) is 1.61. The normalized spacial score (nSPS) is 11.2. The molecule has 0 aliphatic carbocycles. The molecule has 0 aromatic heterocycles. The smallest absolute Gasteiger partial charge is 0.322 e. The van der Waals surface area contributed by atoms with Gasteiger partial charge in [-0.05, 0) is 37.5 Å². The molecule has 3 rings (SSSR count). The molecule has 2 heterocycles. The van der Waals surface area contributed by atoms with Crippen molar-refractivity contribution in [1.29, 1.82) is 0 Å². The molecule has 7 nitrogen and oxygen atoms in total. The second-order valence-corrected chi connectivity index (χ2v) is 6.17. The predicted molar refractivity (Wildman–Crippen MR) is 94.9 cm³/mol. The third-order valence-corrected chi connectivity index (χ3v) is 4.22. The van der Waals surface area contributed by atoms with Gasteiger partial charge >= 0.3 is 5.69 Å². The minimum absolute atomic E-state index is 0.179. The first-order valence-corrected chi connectivity index (χ1v) is 8.45. The highest BCUT2D eigenvalue weighted by atomic mass is 16.2. The highest BCUT2D eigenvalue weighted by Gasteiger charge is 2.18. The molecule has 25 heavy (non-hydrogen) atoms. The fourth-order valence-electron chi connectivity index (χ4n) is 2.99. The lowest BCUT2D eigenvalue weighted by Crippen LogP contribution is -2.28. The number of aryl methyl sites for hydroxylation is 2. The molecule has 1 N–H and O–H groups in total. The lowest BCUT2D eigenvalue weighted by atomic mass is 10.1. The van der Waals surface area contributed by atoms with E-state index in [1.165, 1.54) is 0 Å². The summed E-state index contributed by atoms with van der Waals surface area (Å²) in [7, 11) is 0. The number of hydrogen-bond donors (Lipinski definition) is 1. The number of carbonyl (C=O) groups excluding carboxylic acids is 1. The van der Waals surface area contributed by atoms with E-state index in [1.807, 2.05) is 29.7 Å². The van der Waals surface area contributed by atoms with Gasteiger partial charge in [0.1, 0.15) is 6.29 Å². The third-order valence-electron chi connectivity index (χ3n) is 4.22. The van der Waals surface area contributed by atoms with Crippen LogP contribution in [0, 0.1) is 6.92 Å². The summed E-state index contributed by atoms with van der Waals surface area (Å²) < 4.78 is 1.90. The minimum Gasteiger partial charge on any atom is -0.322 e. The van der Waals surface area contributed by atoms with Crippen LogP contribution in [0.15, 0.2) is 27.8 Å². The van der Waals surface area contributed by atoms with Crippen LogP contribution in [0.1, 0.15) is 37.7 Å². The van der Waals surface area contributed by atoms with E-state index in [2.05, 4.69) is 15.0 Å². The van der Waals surface area contributed by atoms with Crippen LogP contribution in [0.2, 0.25) is 0 Å². The van der Waals surface area contributed by atoms with Crippen LogP contribution < -0.4 is 11.2 Å². The van der Waals surface area contributed by atoms with Gasteiger partial charge in [-0.3, -0.25) is 9.78 Å². The number of H-pyrrole nitrogens is 1. The first-order valence-electron chi connectivity index (χ1n) is 8.45. The SMILES string of the molecule is Cc1ccc2c(c1)nc1c(=O)[nH]c(=O)nc-1n2CCCCCCC=O. The number of nitrogens with zero attached hydrogens (tertiary/aromatic N) is 3. The summed E-state index contributed by atoms with van der Waals surface area (Å²) in [5, 5.41) is 0. The number of fused-ring (bicyclic) bond motifs is 2. The number of aromatic nitrogens is 4. The van der Waals surface area contributed by atoms with E-state index in [1.54, 1.807) is 0 Å². The maximum absolute atomic E-state index is 12.1. The van der Waals surface area contributed by atoms with Crippen molar-refractivity contribution in [3.05, 3.63) is 44.6 Å². The second kappa shape index (κ2) is 7.38. The molecule has 2 aliphatic heterocycles. The van der Waals surface area contributed by atoms with E-state index in [4.69, 9.17) is 0 Å². The van der Waals surface area contributed by atoms with Gasteiger partial charge in [0.05, 0.1) is 11.0 Å². The van der Waals surface area contributed by atoms with Crippen LogP contribution in [-0.4, -0.2) is 25.8 Å². The number of carbonyl (C=O) groups is 1. The van der Waals surface area contributed by atoms with Crippen LogP contribution in [0.5, 0.6) is 0 Å². The number of rotatable bonds is 7. The van der Waals surface area contributed by atoms with Crippen molar-refractivity contribution in [3.63, 3.8) is 0 Å². The van der Waals surface area contributed by atoms with Crippen molar-refractivity contribution in [1.82, 2.24) is 19.5 Å². The molecule has 0 unspecified atom stereocenters. The fourth-order valence-corrected chi connectivity index (χ4v) is 2.99. The maximum atomic E-state index is 12.1. The number of hydrogen-bond acceptors (Lipinski definition) is 5. The number of nitrogens with one attached hydrogen (secondary N) is 1. The van der Waals surface area contributed by atoms with Gasteiger partial charge < -0.3 is 9.36 Å². The summed E-state index contributed by atoms with van der Waals surface area (Å²) in [6.07, 6.45) is 5.21. The van der Waals surface area contributed by atoms with E-state index < -0.39 is 11.2 Å². The van der Waals surface area contributed by atoms with E-state index in [0.29, 0.717) is 24.3 Å². The zero-order valence-electron chi connectivity index (χ0n) is 14.1. The molecule has 1 aromatic rings. The summed E-state index contributed by atoms with van der Waals surface area (Å²) in [4.78, 5) is 44.7. The third kappa shape index (κ3) is 3.65. The Morgan fingerprint density at radius 1 is 1.12 bits per heavy atom. The van der Waals surface area contributed by atoms with E-state index in [0.717, 1.165) is 43.0 Å². The molecule has 2 aliphatic rings. The van der Waals surface area contributed by atoms with Crippen LogP contribution in [0.25, 0.3) is 22.6 Å². The first kappa shape index (κ1) is 17.0. The van der Waals surface area contributed by atoms with Crippen LogP contribution in [0.3, 0.4) is 0 Å². The Hall–Kier alpha value is -2.83. The van der Waals surface area contributed by atoms with Gasteiger partial charge in [0.2, 0.25) is 0 Å². The lowest BCUT2D eigenvalue weighted by Gasteiger charge is -2.16. The van der Waals surface area contributed by atoms with Crippen LogP contribution in [-0.2, 0) is 11.3 Å². The first-order chi connectivity index (χ1) is 12.1. The molecule has 0 bridgehead atoms. The topological polar surface area (TPSA) is 97.7 Å². The Bertz CT molecular complexity index is 990. The number of benzene rings is 1. The molecule has 1 aromatic carbocycles. The largest absolute Gasteiger partial charge is 0.349 e. The number of unbranched alkanes of at least 4 members (excludes halogenated alkanes) is 4. The van der Waals surface area contributed by atoms with E-state index in [-0.39, 0.29) is 5.69 Å². The molecule has 130 valence electrons. The van der Waals surface area contributed by atoms with Gasteiger partial charge in [-0.1, -0.05) is 18.9 Å². The summed E-state index contributed by atoms with van der Waals surface area (Å²) >= 11 is 0. The molecule has 7 heteroatoms. The summed E-state index contributed by atoms with van der Waals surface area (Å²) in [6.45, 7) is 2.60. The van der Waals surface area contributed by atoms with Gasteiger partial charge in [0.15, 0.2) is 11.5 Å². The molecular formula is C18H20N4O3. The quantitative estimate of drug-likeness (QED) is 0.403. The van der Waals surface area contributed by atoms with Gasteiger partial charge in [-0.25, -0.2) is 9.78 Å². The minimum atomic E-state index is -0.662. The Morgan fingerprint density at radius 2 is 1.92 bits per heavy atom. The molecule has 0 saturated heterocycles. The molecule has 0 fully saturated rings. The van der Waals surface area contributed by atoms with Gasteiger partial charge in [0, 0.05) is 13.0 Å². The Morgan fingerprint density at radius 3 is 2.72 bits per heavy atom. The zero-order chi connectivity index (χ0) is 17.8. The van der Waals surface area contributed by atoms with Crippen molar-refractivity contribution in [2.24, 2.45) is 0 Å². The molecule has 0 radical (unpaired) electrons. The molecular weight excluding hydrogens is 320 g/mol. The zero-order valence-corrected chi connectivity index (χ0v) is 14.1. The lowest BCUT2D eigenvalue weighted by molar-refractivity contribution is -0.107. The highest BCUT2D eigenvalue weighted by Crippen LogP contribution is 2.22. The van der Waals surface area contributed by atoms with Gasteiger partial charge in [-0.2, -0.15) is 4.98 Å². The van der Waals surface area contributed by atoms with Gasteiger partial charge in [0.25, 0.3) is 5.56 Å². The number of aldehydes is 1. The number of aromatic amines is 1. The summed E-state index contributed by atoms with van der Waals surface area (Å²) in [6, 6.07) is 5.83. The van der Waals surface area contributed by atoms with Crippen molar-refractivity contribution < 1.29 is 4.79 Å².